The minimum absolute atomic E-state index is 0.240. The number of benzene rings is 3. The van der Waals surface area contributed by atoms with Gasteiger partial charge in [-0.2, -0.15) is 5.10 Å². The maximum Gasteiger partial charge on any atom is 0.0831 e. The van der Waals surface area contributed by atoms with E-state index >= 15 is 0 Å². The van der Waals surface area contributed by atoms with E-state index in [1.54, 1.807) is 0 Å². The fourth-order valence-corrected chi connectivity index (χ4v) is 3.19. The molecule has 24 heavy (non-hydrogen) atoms. The van der Waals surface area contributed by atoms with Crippen molar-refractivity contribution in [3.8, 4) is 0 Å². The first-order chi connectivity index (χ1) is 11.8. The number of anilines is 1. The summed E-state index contributed by atoms with van der Waals surface area (Å²) in [6.07, 6.45) is 0.919. The summed E-state index contributed by atoms with van der Waals surface area (Å²) >= 11 is 0. The standard InChI is InChI=1S/C22H20N2/c1-17-12-14-20(15-13-17)24-22(19-10-6-3-7-11-19)16-21(23-24)18-8-4-2-5-9-18/h2-15,22H,16H2,1H3/t22-/m1/s1. The monoisotopic (exact) mass is 312 g/mol. The van der Waals surface area contributed by atoms with Crippen molar-refractivity contribution in [1.29, 1.82) is 0 Å². The van der Waals surface area contributed by atoms with Crippen molar-refractivity contribution in [1.82, 2.24) is 0 Å². The molecule has 1 aliphatic heterocycles. The third-order valence-electron chi connectivity index (χ3n) is 4.50. The van der Waals surface area contributed by atoms with Gasteiger partial charge in [-0.05, 0) is 30.2 Å². The minimum atomic E-state index is 0.240. The fraction of sp³-hybridized carbons (Fsp3) is 0.136. The number of nitrogens with zero attached hydrogens (tertiary/aromatic N) is 2. The predicted molar refractivity (Wildman–Crippen MR) is 100 cm³/mol. The Morgan fingerprint density at radius 1 is 0.792 bits per heavy atom. The fourth-order valence-electron chi connectivity index (χ4n) is 3.19. The summed E-state index contributed by atoms with van der Waals surface area (Å²) in [4.78, 5) is 0. The molecule has 0 unspecified atom stereocenters. The normalized spacial score (nSPS) is 17.0. The zero-order chi connectivity index (χ0) is 16.4. The van der Waals surface area contributed by atoms with Crippen LogP contribution in [0.1, 0.15) is 29.2 Å². The number of rotatable bonds is 3. The Labute approximate surface area is 143 Å². The van der Waals surface area contributed by atoms with E-state index in [-0.39, 0.29) is 6.04 Å². The van der Waals surface area contributed by atoms with E-state index in [1.165, 1.54) is 16.7 Å². The third kappa shape index (κ3) is 2.83. The molecule has 0 saturated heterocycles. The van der Waals surface area contributed by atoms with Crippen molar-refractivity contribution >= 4 is 11.4 Å². The molecule has 3 aromatic rings. The molecule has 0 amide bonds. The average molecular weight is 312 g/mol. The molecule has 118 valence electrons. The quantitative estimate of drug-likeness (QED) is 0.636. The Hall–Kier alpha value is -2.87. The molecule has 1 atom stereocenters. The van der Waals surface area contributed by atoms with Gasteiger partial charge in [0.2, 0.25) is 0 Å². The van der Waals surface area contributed by atoms with Gasteiger partial charge < -0.3 is 0 Å². The highest BCUT2D eigenvalue weighted by molar-refractivity contribution is 6.03. The summed E-state index contributed by atoms with van der Waals surface area (Å²) in [6, 6.07) is 30.0. The van der Waals surface area contributed by atoms with Crippen LogP contribution in [0.4, 0.5) is 5.69 Å². The third-order valence-corrected chi connectivity index (χ3v) is 4.50. The lowest BCUT2D eigenvalue weighted by Crippen LogP contribution is -2.18. The van der Waals surface area contributed by atoms with Gasteiger partial charge in [-0.25, -0.2) is 0 Å². The molecule has 0 spiro atoms. The van der Waals surface area contributed by atoms with Crippen LogP contribution in [0, 0.1) is 6.92 Å². The van der Waals surface area contributed by atoms with Crippen molar-refractivity contribution < 1.29 is 0 Å². The molecule has 4 rings (SSSR count). The van der Waals surface area contributed by atoms with Gasteiger partial charge in [0.15, 0.2) is 0 Å². The first-order valence-electron chi connectivity index (χ1n) is 8.35. The number of aryl methyl sites for hydroxylation is 1. The lowest BCUT2D eigenvalue weighted by Gasteiger charge is -2.24. The summed E-state index contributed by atoms with van der Waals surface area (Å²) in [5.74, 6) is 0. The van der Waals surface area contributed by atoms with Crippen LogP contribution in [0.3, 0.4) is 0 Å². The van der Waals surface area contributed by atoms with Crippen molar-refractivity contribution in [2.45, 2.75) is 19.4 Å². The molecular weight excluding hydrogens is 292 g/mol. The highest BCUT2D eigenvalue weighted by atomic mass is 15.5. The van der Waals surface area contributed by atoms with Crippen molar-refractivity contribution in [3.63, 3.8) is 0 Å². The van der Waals surface area contributed by atoms with Crippen LogP contribution in [0.5, 0.6) is 0 Å². The molecule has 0 fully saturated rings. The van der Waals surface area contributed by atoms with Gasteiger partial charge in [0.25, 0.3) is 0 Å². The molecule has 0 saturated carbocycles. The summed E-state index contributed by atoms with van der Waals surface area (Å²) in [5, 5.41) is 7.13. The van der Waals surface area contributed by atoms with Gasteiger partial charge in [-0.3, -0.25) is 5.01 Å². The molecule has 0 radical (unpaired) electrons. The SMILES string of the molecule is Cc1ccc(N2N=C(c3ccccc3)C[C@@H]2c2ccccc2)cc1. The molecule has 0 N–H and O–H groups in total. The van der Waals surface area contributed by atoms with Crippen LogP contribution in [-0.2, 0) is 0 Å². The largest absolute Gasteiger partial charge is 0.257 e. The molecule has 2 heteroatoms. The maximum absolute atomic E-state index is 4.97. The van der Waals surface area contributed by atoms with Gasteiger partial charge in [0.05, 0.1) is 17.4 Å². The lowest BCUT2D eigenvalue weighted by molar-refractivity contribution is 0.709. The smallest absolute Gasteiger partial charge is 0.0831 e. The van der Waals surface area contributed by atoms with E-state index in [2.05, 4.69) is 90.8 Å². The van der Waals surface area contributed by atoms with Gasteiger partial charge in [0.1, 0.15) is 0 Å². The predicted octanol–water partition coefficient (Wildman–Crippen LogP) is 5.35. The Morgan fingerprint density at radius 3 is 2.08 bits per heavy atom. The van der Waals surface area contributed by atoms with E-state index in [0.29, 0.717) is 0 Å². The van der Waals surface area contributed by atoms with Gasteiger partial charge in [0, 0.05) is 6.42 Å². The molecule has 0 bridgehead atoms. The molecule has 2 nitrogen and oxygen atoms in total. The molecule has 0 aromatic heterocycles. The van der Waals surface area contributed by atoms with E-state index < -0.39 is 0 Å². The second-order valence-corrected chi connectivity index (χ2v) is 6.22. The van der Waals surface area contributed by atoms with Crippen LogP contribution >= 0.6 is 0 Å². The minimum Gasteiger partial charge on any atom is -0.257 e. The van der Waals surface area contributed by atoms with Crippen LogP contribution in [0.2, 0.25) is 0 Å². The Bertz CT molecular complexity index is 836. The first kappa shape index (κ1) is 14.7. The summed E-state index contributed by atoms with van der Waals surface area (Å²) < 4.78 is 0. The zero-order valence-electron chi connectivity index (χ0n) is 13.8. The molecular formula is C22H20N2. The molecule has 3 aromatic carbocycles. The Balaban J connectivity index is 1.75. The highest BCUT2D eigenvalue weighted by Crippen LogP contribution is 2.36. The second-order valence-electron chi connectivity index (χ2n) is 6.22. The zero-order valence-corrected chi connectivity index (χ0v) is 13.8. The van der Waals surface area contributed by atoms with Crippen molar-refractivity contribution in [3.05, 3.63) is 102 Å². The Kier molecular flexibility index (Phi) is 3.87. The van der Waals surface area contributed by atoms with Gasteiger partial charge in [-0.1, -0.05) is 78.4 Å². The maximum atomic E-state index is 4.97. The topological polar surface area (TPSA) is 15.6 Å². The summed E-state index contributed by atoms with van der Waals surface area (Å²) in [6.45, 7) is 2.11. The van der Waals surface area contributed by atoms with Crippen LogP contribution in [0.15, 0.2) is 90.0 Å². The number of hydrazone groups is 1. The van der Waals surface area contributed by atoms with Gasteiger partial charge in [-0.15, -0.1) is 0 Å². The van der Waals surface area contributed by atoms with E-state index in [1.807, 2.05) is 6.07 Å². The van der Waals surface area contributed by atoms with E-state index in [0.717, 1.165) is 17.8 Å². The number of hydrogen-bond acceptors (Lipinski definition) is 2. The second kappa shape index (κ2) is 6.32. The lowest BCUT2D eigenvalue weighted by atomic mass is 9.98. The molecule has 1 aliphatic rings. The van der Waals surface area contributed by atoms with Crippen molar-refractivity contribution in [2.75, 3.05) is 5.01 Å². The van der Waals surface area contributed by atoms with Crippen molar-refractivity contribution in [2.24, 2.45) is 5.10 Å². The van der Waals surface area contributed by atoms with Crippen LogP contribution in [0.25, 0.3) is 0 Å². The van der Waals surface area contributed by atoms with E-state index in [4.69, 9.17) is 5.10 Å². The summed E-state index contributed by atoms with van der Waals surface area (Å²) in [7, 11) is 0. The molecule has 0 aliphatic carbocycles. The van der Waals surface area contributed by atoms with Crippen LogP contribution < -0.4 is 5.01 Å². The van der Waals surface area contributed by atoms with Crippen LogP contribution in [-0.4, -0.2) is 5.71 Å². The Morgan fingerprint density at radius 2 is 1.42 bits per heavy atom. The first-order valence-corrected chi connectivity index (χ1v) is 8.35. The summed E-state index contributed by atoms with van der Waals surface area (Å²) in [5.41, 5.74) is 6.05. The average Bonchev–Trinajstić information content (AvgIpc) is 3.09. The number of hydrogen-bond donors (Lipinski definition) is 0. The van der Waals surface area contributed by atoms with E-state index in [9.17, 15) is 0 Å². The highest BCUT2D eigenvalue weighted by Gasteiger charge is 2.29. The molecule has 1 heterocycles. The van der Waals surface area contributed by atoms with Gasteiger partial charge >= 0.3 is 0 Å².